The van der Waals surface area contributed by atoms with Crippen LogP contribution in [0.2, 0.25) is 0 Å². The van der Waals surface area contributed by atoms with Gasteiger partial charge in [-0.1, -0.05) is 13.8 Å². The Morgan fingerprint density at radius 3 is 2.67 bits per heavy atom. The lowest BCUT2D eigenvalue weighted by Crippen LogP contribution is -2.33. The number of thiazole rings is 1. The van der Waals surface area contributed by atoms with Crippen molar-refractivity contribution in [1.29, 1.82) is 0 Å². The number of nitrogens with zero attached hydrogens (tertiary/aromatic N) is 1. The van der Waals surface area contributed by atoms with Gasteiger partial charge in [0.1, 0.15) is 0 Å². The lowest BCUT2D eigenvalue weighted by molar-refractivity contribution is 0.331. The van der Waals surface area contributed by atoms with Crippen LogP contribution in [0.5, 0.6) is 0 Å². The second-order valence-corrected chi connectivity index (χ2v) is 8.59. The van der Waals surface area contributed by atoms with Crippen molar-refractivity contribution in [3.8, 4) is 0 Å². The van der Waals surface area contributed by atoms with Crippen molar-refractivity contribution in [3.63, 3.8) is 0 Å². The van der Waals surface area contributed by atoms with E-state index in [1.165, 1.54) is 17.5 Å². The quantitative estimate of drug-likeness (QED) is 0.788. The molecule has 0 unspecified atom stereocenters. The third kappa shape index (κ3) is 4.84. The maximum Gasteiger partial charge on any atom is 0.251 e. The Balaban J connectivity index is 2.62. The molecule has 7 heteroatoms. The smallest absolute Gasteiger partial charge is 0.249 e. The van der Waals surface area contributed by atoms with Gasteiger partial charge in [0, 0.05) is 12.4 Å². The van der Waals surface area contributed by atoms with E-state index >= 15 is 0 Å². The molecule has 1 aromatic rings. The largest absolute Gasteiger partial charge is 0.251 e. The first-order valence-corrected chi connectivity index (χ1v) is 8.58. The van der Waals surface area contributed by atoms with Crippen LogP contribution < -0.4 is 4.72 Å². The molecule has 1 heterocycles. The fraction of sp³-hybridized carbons (Fsp3) is 0.727. The minimum Gasteiger partial charge on any atom is -0.249 e. The molecule has 1 aromatic heterocycles. The number of aromatic nitrogens is 1. The first-order valence-electron chi connectivity index (χ1n) is 5.75. The van der Waals surface area contributed by atoms with E-state index in [1.54, 1.807) is 6.92 Å². The lowest BCUT2D eigenvalue weighted by Gasteiger charge is -2.24. The van der Waals surface area contributed by atoms with Gasteiger partial charge in [0.05, 0.1) is 11.2 Å². The Morgan fingerprint density at radius 2 is 2.17 bits per heavy atom. The molecule has 0 fully saturated rings. The molecule has 0 saturated heterocycles. The first-order chi connectivity index (χ1) is 8.27. The van der Waals surface area contributed by atoms with Gasteiger partial charge >= 0.3 is 0 Å². The topological polar surface area (TPSA) is 59.1 Å². The van der Waals surface area contributed by atoms with Crippen molar-refractivity contribution in [3.05, 3.63) is 11.2 Å². The van der Waals surface area contributed by atoms with Crippen LogP contribution in [0.4, 0.5) is 0 Å². The van der Waals surface area contributed by atoms with E-state index in [2.05, 4.69) is 9.71 Å². The molecule has 0 aromatic carbocycles. The highest BCUT2D eigenvalue weighted by molar-refractivity contribution is 7.91. The zero-order valence-corrected chi connectivity index (χ0v) is 13.3. The van der Waals surface area contributed by atoms with Crippen LogP contribution >= 0.6 is 22.9 Å². The average molecular weight is 311 g/mol. The predicted molar refractivity (Wildman–Crippen MR) is 75.8 cm³/mol. The highest BCUT2D eigenvalue weighted by Crippen LogP contribution is 2.23. The van der Waals surface area contributed by atoms with Gasteiger partial charge in [-0.15, -0.1) is 22.9 Å². The Hall–Kier alpha value is -0.170. The number of alkyl halides is 1. The number of rotatable bonds is 7. The molecule has 18 heavy (non-hydrogen) atoms. The van der Waals surface area contributed by atoms with E-state index in [0.29, 0.717) is 12.4 Å². The maximum atomic E-state index is 12.0. The standard InChI is InChI=1S/C11H19ClN2O2S2/c1-9-13-7-10(17-9)18(15,16)14-8-11(2,3)5-4-6-12/h7,14H,4-6,8H2,1-3H3. The predicted octanol–water partition coefficient (Wildman–Crippen LogP) is 2.78. The van der Waals surface area contributed by atoms with Gasteiger partial charge in [-0.05, 0) is 25.2 Å². The average Bonchev–Trinajstić information content (AvgIpc) is 2.72. The fourth-order valence-corrected chi connectivity index (χ4v) is 3.99. The normalized spacial score (nSPS) is 12.9. The van der Waals surface area contributed by atoms with E-state index < -0.39 is 10.0 Å². The summed E-state index contributed by atoms with van der Waals surface area (Å²) in [4.78, 5) is 3.96. The van der Waals surface area contributed by atoms with Crippen LogP contribution in [0.1, 0.15) is 31.7 Å². The summed E-state index contributed by atoms with van der Waals surface area (Å²) in [5, 5.41) is 0.747. The van der Waals surface area contributed by atoms with Crippen molar-refractivity contribution in [1.82, 2.24) is 9.71 Å². The molecule has 0 aliphatic rings. The Kier molecular flexibility index (Phi) is 5.58. The highest BCUT2D eigenvalue weighted by atomic mass is 35.5. The molecule has 0 bridgehead atoms. The monoisotopic (exact) mass is 310 g/mol. The zero-order valence-electron chi connectivity index (χ0n) is 10.9. The summed E-state index contributed by atoms with van der Waals surface area (Å²) < 4.78 is 26.9. The molecule has 0 spiro atoms. The molecule has 0 aliphatic heterocycles. The van der Waals surface area contributed by atoms with Crippen LogP contribution in [0.3, 0.4) is 0 Å². The number of halogens is 1. The molecule has 1 N–H and O–H groups in total. The highest BCUT2D eigenvalue weighted by Gasteiger charge is 2.23. The van der Waals surface area contributed by atoms with Crippen molar-refractivity contribution in [2.75, 3.05) is 12.4 Å². The Morgan fingerprint density at radius 1 is 1.50 bits per heavy atom. The molecule has 0 radical (unpaired) electrons. The van der Waals surface area contributed by atoms with Gasteiger partial charge in [-0.25, -0.2) is 18.1 Å². The molecular weight excluding hydrogens is 292 g/mol. The minimum atomic E-state index is -3.42. The number of hydrogen-bond donors (Lipinski definition) is 1. The lowest BCUT2D eigenvalue weighted by atomic mass is 9.88. The summed E-state index contributed by atoms with van der Waals surface area (Å²) in [6.07, 6.45) is 3.17. The van der Waals surface area contributed by atoms with E-state index in [0.717, 1.165) is 17.8 Å². The summed E-state index contributed by atoms with van der Waals surface area (Å²) >= 11 is 6.83. The fourth-order valence-electron chi connectivity index (χ4n) is 1.46. The van der Waals surface area contributed by atoms with Crippen LogP contribution in [0.15, 0.2) is 10.4 Å². The van der Waals surface area contributed by atoms with Crippen LogP contribution in [-0.2, 0) is 10.0 Å². The number of nitrogens with one attached hydrogen (secondary N) is 1. The number of aryl methyl sites for hydroxylation is 1. The summed E-state index contributed by atoms with van der Waals surface area (Å²) in [6, 6.07) is 0. The molecule has 0 saturated carbocycles. The Bertz CT molecular complexity index is 483. The molecule has 0 aliphatic carbocycles. The third-order valence-electron chi connectivity index (χ3n) is 2.59. The summed E-state index contributed by atoms with van der Waals surface area (Å²) in [5.74, 6) is 0.601. The molecule has 104 valence electrons. The summed E-state index contributed by atoms with van der Waals surface area (Å²) in [7, 11) is -3.42. The van der Waals surface area contributed by atoms with Crippen LogP contribution in [0, 0.1) is 12.3 Å². The van der Waals surface area contributed by atoms with Gasteiger partial charge in [0.2, 0.25) is 0 Å². The van der Waals surface area contributed by atoms with Crippen molar-refractivity contribution >= 4 is 33.0 Å². The van der Waals surface area contributed by atoms with Gasteiger partial charge in [-0.2, -0.15) is 0 Å². The minimum absolute atomic E-state index is 0.0955. The summed E-state index contributed by atoms with van der Waals surface area (Å²) in [5.41, 5.74) is -0.0955. The number of sulfonamides is 1. The summed E-state index contributed by atoms with van der Waals surface area (Å²) in [6.45, 7) is 6.25. The number of hydrogen-bond acceptors (Lipinski definition) is 4. The second-order valence-electron chi connectivity index (χ2n) is 4.98. The van der Waals surface area contributed by atoms with E-state index in [-0.39, 0.29) is 9.62 Å². The third-order valence-corrected chi connectivity index (χ3v) is 5.64. The molecular formula is C11H19ClN2O2S2. The first kappa shape index (κ1) is 15.9. The SMILES string of the molecule is Cc1ncc(S(=O)(=O)NCC(C)(C)CCCCl)s1. The molecule has 0 atom stereocenters. The van der Waals surface area contributed by atoms with Crippen molar-refractivity contribution in [2.45, 2.75) is 37.8 Å². The van der Waals surface area contributed by atoms with Gasteiger partial charge in [-0.3, -0.25) is 0 Å². The van der Waals surface area contributed by atoms with Crippen molar-refractivity contribution < 1.29 is 8.42 Å². The van der Waals surface area contributed by atoms with E-state index in [4.69, 9.17) is 11.6 Å². The maximum absolute atomic E-state index is 12.0. The van der Waals surface area contributed by atoms with Crippen LogP contribution in [-0.4, -0.2) is 25.8 Å². The molecule has 4 nitrogen and oxygen atoms in total. The Labute approximate surface area is 118 Å². The second kappa shape index (κ2) is 6.32. The van der Waals surface area contributed by atoms with Crippen LogP contribution in [0.25, 0.3) is 0 Å². The van der Waals surface area contributed by atoms with E-state index in [9.17, 15) is 8.42 Å². The molecule has 1 rings (SSSR count). The van der Waals surface area contributed by atoms with Gasteiger partial charge in [0.15, 0.2) is 4.21 Å². The van der Waals surface area contributed by atoms with Crippen molar-refractivity contribution in [2.24, 2.45) is 5.41 Å². The zero-order chi connectivity index (χ0) is 13.8. The molecule has 0 amide bonds. The van der Waals surface area contributed by atoms with Gasteiger partial charge < -0.3 is 0 Å². The van der Waals surface area contributed by atoms with Gasteiger partial charge in [0.25, 0.3) is 10.0 Å². The van der Waals surface area contributed by atoms with E-state index in [1.807, 2.05) is 13.8 Å².